The van der Waals surface area contributed by atoms with Crippen LogP contribution in [0.4, 0.5) is 13.2 Å². The number of aliphatic hydroxyl groups excluding tert-OH is 1. The Balaban J connectivity index is 0. The van der Waals surface area contributed by atoms with E-state index in [0.29, 0.717) is 0 Å². The number of benzene rings is 1. The Bertz CT molecular complexity index is 442. The predicted octanol–water partition coefficient (Wildman–Crippen LogP) is 1.50. The lowest BCUT2D eigenvalue weighted by atomic mass is 10.1. The van der Waals surface area contributed by atoms with Gasteiger partial charge in [-0.15, -0.1) is 0 Å². The van der Waals surface area contributed by atoms with E-state index in [4.69, 9.17) is 15.0 Å². The molecule has 0 unspecified atom stereocenters. The number of likely N-dealkylation sites (N-methyl/N-ethyl adjacent to an activating group) is 1. The number of halogens is 3. The van der Waals surface area contributed by atoms with Crippen LogP contribution in [-0.4, -0.2) is 49.0 Å². The van der Waals surface area contributed by atoms with Crippen LogP contribution in [0.1, 0.15) is 18.6 Å². The van der Waals surface area contributed by atoms with Gasteiger partial charge in [0.2, 0.25) is 0 Å². The molecular weight excluding hydrogens is 299 g/mol. The van der Waals surface area contributed by atoms with E-state index in [1.807, 2.05) is 0 Å². The van der Waals surface area contributed by atoms with Crippen molar-refractivity contribution in [3.05, 3.63) is 35.4 Å². The van der Waals surface area contributed by atoms with E-state index in [0.717, 1.165) is 17.6 Å². The molecule has 1 rings (SSSR count). The van der Waals surface area contributed by atoms with Crippen molar-refractivity contribution in [1.29, 1.82) is 0 Å². The van der Waals surface area contributed by atoms with Gasteiger partial charge < -0.3 is 19.5 Å². The fourth-order valence-electron chi connectivity index (χ4n) is 1.54. The highest BCUT2D eigenvalue weighted by molar-refractivity contribution is 5.70. The summed E-state index contributed by atoms with van der Waals surface area (Å²) in [6.45, 7) is 4.12. The zero-order chi connectivity index (χ0) is 16.7. The molecule has 0 fully saturated rings. The Labute approximate surface area is 129 Å². The fourth-order valence-corrected chi connectivity index (χ4v) is 1.54. The normalized spacial score (nSPS) is 11.0. The van der Waals surface area contributed by atoms with E-state index in [1.165, 1.54) is 11.1 Å². The minimum atomic E-state index is -5.19. The standard InChI is InChI=1S/C12H20NO.C2HF3O2.CH4/c1-11-4-6-12(7-5-11)10-13(2,3)8-9-14;3-2(4,5)1(6)7;/h4-7,14H,8-10H2,1-3H3;(H,6,7);1H4/q+1;;/p-1. The molecule has 4 nitrogen and oxygen atoms in total. The summed E-state index contributed by atoms with van der Waals surface area (Å²) in [5, 5.41) is 17.7. The van der Waals surface area contributed by atoms with Gasteiger partial charge in [0.25, 0.3) is 0 Å². The van der Waals surface area contributed by atoms with E-state index in [9.17, 15) is 13.2 Å². The zero-order valence-electron chi connectivity index (χ0n) is 12.3. The van der Waals surface area contributed by atoms with Crippen LogP contribution < -0.4 is 5.11 Å². The van der Waals surface area contributed by atoms with Gasteiger partial charge in [-0.2, -0.15) is 13.2 Å². The van der Waals surface area contributed by atoms with Crippen LogP contribution >= 0.6 is 0 Å². The molecule has 0 aliphatic rings. The topological polar surface area (TPSA) is 60.4 Å². The van der Waals surface area contributed by atoms with Gasteiger partial charge in [0.05, 0.1) is 20.7 Å². The summed E-state index contributed by atoms with van der Waals surface area (Å²) in [7, 11) is 4.27. The Hall–Kier alpha value is -1.60. The van der Waals surface area contributed by atoms with Gasteiger partial charge in [-0.3, -0.25) is 0 Å². The largest absolute Gasteiger partial charge is 0.542 e. The second-order valence-corrected chi connectivity index (χ2v) is 5.31. The summed E-state index contributed by atoms with van der Waals surface area (Å²) >= 11 is 0. The lowest BCUT2D eigenvalue weighted by molar-refractivity contribution is -0.903. The maximum Gasteiger partial charge on any atom is 0.430 e. The number of carboxylic acids is 1. The number of hydrogen-bond acceptors (Lipinski definition) is 3. The molecule has 0 saturated carbocycles. The van der Waals surface area contributed by atoms with Crippen LogP contribution in [0.15, 0.2) is 24.3 Å². The monoisotopic (exact) mass is 323 g/mol. The van der Waals surface area contributed by atoms with Crippen molar-refractivity contribution < 1.29 is 32.7 Å². The summed E-state index contributed by atoms with van der Waals surface area (Å²) in [4.78, 5) is 8.78. The van der Waals surface area contributed by atoms with Gasteiger partial charge in [-0.1, -0.05) is 37.3 Å². The first-order chi connectivity index (χ1) is 9.48. The van der Waals surface area contributed by atoms with Gasteiger partial charge in [0.1, 0.15) is 19.1 Å². The van der Waals surface area contributed by atoms with E-state index in [-0.39, 0.29) is 14.0 Å². The summed E-state index contributed by atoms with van der Waals surface area (Å²) < 4.78 is 32.4. The molecule has 0 amide bonds. The number of alkyl halides is 3. The third kappa shape index (κ3) is 10.2. The molecule has 0 bridgehead atoms. The smallest absolute Gasteiger partial charge is 0.430 e. The molecule has 0 spiro atoms. The summed E-state index contributed by atoms with van der Waals surface area (Å²) in [6, 6.07) is 8.59. The molecule has 1 aromatic rings. The molecule has 22 heavy (non-hydrogen) atoms. The average Bonchev–Trinajstić information content (AvgIpc) is 2.31. The van der Waals surface area contributed by atoms with Crippen molar-refractivity contribution in [3.8, 4) is 0 Å². The number of hydrogen-bond donors (Lipinski definition) is 1. The molecular formula is C15H24F3NO3. The van der Waals surface area contributed by atoms with Crippen molar-refractivity contribution in [2.75, 3.05) is 27.2 Å². The van der Waals surface area contributed by atoms with E-state index in [1.54, 1.807) is 0 Å². The van der Waals surface area contributed by atoms with Crippen molar-refractivity contribution in [2.45, 2.75) is 27.1 Å². The third-order valence-corrected chi connectivity index (χ3v) is 2.67. The van der Waals surface area contributed by atoms with Gasteiger partial charge in [-0.25, -0.2) is 0 Å². The van der Waals surface area contributed by atoms with Crippen LogP contribution in [0.2, 0.25) is 0 Å². The highest BCUT2D eigenvalue weighted by Gasteiger charge is 2.28. The molecule has 0 saturated heterocycles. The van der Waals surface area contributed by atoms with Crippen LogP contribution in [0.25, 0.3) is 0 Å². The van der Waals surface area contributed by atoms with Gasteiger partial charge in [0, 0.05) is 5.56 Å². The lowest BCUT2D eigenvalue weighted by Crippen LogP contribution is -2.40. The summed E-state index contributed by atoms with van der Waals surface area (Å²) in [6.07, 6.45) is -5.19. The maximum absolute atomic E-state index is 10.5. The van der Waals surface area contributed by atoms with Crippen molar-refractivity contribution in [2.24, 2.45) is 0 Å². The number of quaternary nitrogens is 1. The maximum atomic E-state index is 10.5. The molecule has 0 aliphatic carbocycles. The molecule has 0 aliphatic heterocycles. The molecule has 1 aromatic carbocycles. The predicted molar refractivity (Wildman–Crippen MR) is 76.7 cm³/mol. The van der Waals surface area contributed by atoms with E-state index < -0.39 is 12.1 Å². The van der Waals surface area contributed by atoms with Crippen LogP contribution in [0, 0.1) is 6.92 Å². The third-order valence-electron chi connectivity index (χ3n) is 2.67. The first kappa shape index (κ1) is 22.7. The first-order valence-corrected chi connectivity index (χ1v) is 6.24. The molecule has 0 heterocycles. The minimum absolute atomic E-state index is 0. The Morgan fingerprint density at radius 2 is 1.64 bits per heavy atom. The van der Waals surface area contributed by atoms with Crippen LogP contribution in [0.3, 0.4) is 0 Å². The number of aliphatic carboxylic acids is 1. The number of carbonyl (C=O) groups excluding carboxylic acids is 1. The number of carboxylic acid groups (broad SMARTS) is 1. The quantitative estimate of drug-likeness (QED) is 0.854. The second-order valence-electron chi connectivity index (χ2n) is 5.31. The number of nitrogens with zero attached hydrogens (tertiary/aromatic N) is 1. The van der Waals surface area contributed by atoms with Crippen LogP contribution in [0.5, 0.6) is 0 Å². The fraction of sp³-hybridized carbons (Fsp3) is 0.533. The van der Waals surface area contributed by atoms with E-state index in [2.05, 4.69) is 45.3 Å². The highest BCUT2D eigenvalue weighted by atomic mass is 19.4. The number of carbonyl (C=O) groups is 1. The molecule has 0 atom stereocenters. The Morgan fingerprint density at radius 3 is 1.95 bits per heavy atom. The zero-order valence-corrected chi connectivity index (χ0v) is 12.3. The lowest BCUT2D eigenvalue weighted by Gasteiger charge is -2.29. The summed E-state index contributed by atoms with van der Waals surface area (Å²) in [5.74, 6) is -3.01. The van der Waals surface area contributed by atoms with Crippen molar-refractivity contribution in [1.82, 2.24) is 0 Å². The number of aliphatic hydroxyl groups is 1. The van der Waals surface area contributed by atoms with E-state index >= 15 is 0 Å². The first-order valence-electron chi connectivity index (χ1n) is 6.24. The van der Waals surface area contributed by atoms with Crippen LogP contribution in [-0.2, 0) is 11.3 Å². The highest BCUT2D eigenvalue weighted by Crippen LogP contribution is 2.11. The second kappa shape index (κ2) is 9.42. The van der Waals surface area contributed by atoms with Gasteiger partial charge in [-0.05, 0) is 6.92 Å². The molecule has 0 radical (unpaired) electrons. The Kier molecular flexibility index (Phi) is 9.71. The molecule has 128 valence electrons. The minimum Gasteiger partial charge on any atom is -0.542 e. The van der Waals surface area contributed by atoms with Gasteiger partial charge >= 0.3 is 6.18 Å². The molecule has 0 aromatic heterocycles. The molecule has 7 heteroatoms. The summed E-state index contributed by atoms with van der Waals surface area (Å²) in [5.41, 5.74) is 2.62. The number of aryl methyl sites for hydroxylation is 1. The number of rotatable bonds is 4. The van der Waals surface area contributed by atoms with Crippen molar-refractivity contribution in [3.63, 3.8) is 0 Å². The SMILES string of the molecule is C.Cc1ccc(C[N+](C)(C)CCO)cc1.O=C([O-])C(F)(F)F. The van der Waals surface area contributed by atoms with Crippen molar-refractivity contribution >= 4 is 5.97 Å². The Morgan fingerprint density at radius 1 is 1.23 bits per heavy atom. The molecule has 1 N–H and O–H groups in total. The van der Waals surface area contributed by atoms with Gasteiger partial charge in [0.15, 0.2) is 0 Å². The average molecular weight is 323 g/mol.